The van der Waals surface area contributed by atoms with Crippen molar-refractivity contribution in [2.45, 2.75) is 25.0 Å². The molecule has 0 aliphatic carbocycles. The molecule has 1 saturated heterocycles. The highest BCUT2D eigenvalue weighted by molar-refractivity contribution is 5.38. The molecule has 0 spiro atoms. The van der Waals surface area contributed by atoms with Gasteiger partial charge in [0.25, 0.3) is 0 Å². The molecule has 2 heterocycles. The Labute approximate surface area is 131 Å². The van der Waals surface area contributed by atoms with Crippen LogP contribution in [0.4, 0.5) is 0 Å². The molecular formula is C18H22N2O2. The van der Waals surface area contributed by atoms with Gasteiger partial charge in [-0.15, -0.1) is 0 Å². The van der Waals surface area contributed by atoms with E-state index < -0.39 is 5.60 Å². The first-order chi connectivity index (χ1) is 10.7. The molecule has 1 fully saturated rings. The van der Waals surface area contributed by atoms with Crippen LogP contribution in [0, 0.1) is 0 Å². The van der Waals surface area contributed by atoms with Gasteiger partial charge in [0.15, 0.2) is 0 Å². The summed E-state index contributed by atoms with van der Waals surface area (Å²) in [6.07, 6.45) is 5.13. The number of likely N-dealkylation sites (tertiary alicyclic amines) is 1. The van der Waals surface area contributed by atoms with Crippen molar-refractivity contribution < 1.29 is 9.84 Å². The van der Waals surface area contributed by atoms with Gasteiger partial charge in [0.05, 0.1) is 12.7 Å². The van der Waals surface area contributed by atoms with Gasteiger partial charge in [0, 0.05) is 37.6 Å². The smallest absolute Gasteiger partial charge is 0.124 e. The minimum Gasteiger partial charge on any atom is -0.496 e. The zero-order valence-electron chi connectivity index (χ0n) is 12.9. The maximum atomic E-state index is 11.0. The molecule has 2 aromatic rings. The van der Waals surface area contributed by atoms with Crippen molar-refractivity contribution in [3.63, 3.8) is 0 Å². The first-order valence-electron chi connectivity index (χ1n) is 7.68. The number of piperidine rings is 1. The molecule has 1 aliphatic heterocycles. The number of aliphatic hydroxyl groups is 1. The normalized spacial score (nSPS) is 18.1. The number of nitrogens with zero attached hydrogens (tertiary/aromatic N) is 2. The van der Waals surface area contributed by atoms with Crippen molar-refractivity contribution in [2.75, 3.05) is 20.2 Å². The van der Waals surface area contributed by atoms with Gasteiger partial charge in [-0.25, -0.2) is 0 Å². The molecule has 1 aromatic carbocycles. The van der Waals surface area contributed by atoms with E-state index in [2.05, 4.69) is 16.0 Å². The average Bonchev–Trinajstić information content (AvgIpc) is 2.58. The minimum absolute atomic E-state index is 0.716. The molecule has 0 radical (unpaired) electrons. The fourth-order valence-corrected chi connectivity index (χ4v) is 3.13. The van der Waals surface area contributed by atoms with Crippen LogP contribution in [0.3, 0.4) is 0 Å². The Morgan fingerprint density at radius 1 is 1.18 bits per heavy atom. The lowest BCUT2D eigenvalue weighted by Gasteiger charge is -2.39. The zero-order chi connectivity index (χ0) is 15.4. The molecule has 1 N–H and O–H groups in total. The van der Waals surface area contributed by atoms with Crippen molar-refractivity contribution >= 4 is 0 Å². The zero-order valence-corrected chi connectivity index (χ0v) is 12.9. The lowest BCUT2D eigenvalue weighted by Crippen LogP contribution is -2.42. The van der Waals surface area contributed by atoms with Crippen LogP contribution >= 0.6 is 0 Å². The third-order valence-corrected chi connectivity index (χ3v) is 4.42. The van der Waals surface area contributed by atoms with Crippen molar-refractivity contribution in [3.8, 4) is 5.75 Å². The van der Waals surface area contributed by atoms with Crippen LogP contribution in [0.15, 0.2) is 48.8 Å². The van der Waals surface area contributed by atoms with Crippen LogP contribution in [0.1, 0.15) is 24.0 Å². The number of ether oxygens (including phenoxy) is 1. The van der Waals surface area contributed by atoms with Gasteiger partial charge in [0.1, 0.15) is 5.75 Å². The number of hydrogen-bond donors (Lipinski definition) is 1. The van der Waals surface area contributed by atoms with Gasteiger partial charge in [-0.2, -0.15) is 0 Å². The third kappa shape index (κ3) is 3.13. The Kier molecular flexibility index (Phi) is 4.41. The first kappa shape index (κ1) is 15.0. The summed E-state index contributed by atoms with van der Waals surface area (Å²) < 4.78 is 5.40. The van der Waals surface area contributed by atoms with Crippen molar-refractivity contribution in [1.82, 2.24) is 9.88 Å². The summed E-state index contributed by atoms with van der Waals surface area (Å²) in [6, 6.07) is 11.8. The van der Waals surface area contributed by atoms with E-state index in [4.69, 9.17) is 4.74 Å². The van der Waals surface area contributed by atoms with E-state index in [0.717, 1.165) is 30.9 Å². The maximum absolute atomic E-state index is 11.0. The molecule has 0 unspecified atom stereocenters. The van der Waals surface area contributed by atoms with Crippen LogP contribution in [-0.2, 0) is 12.1 Å². The molecule has 0 bridgehead atoms. The molecule has 4 heteroatoms. The summed E-state index contributed by atoms with van der Waals surface area (Å²) in [5, 5.41) is 11.0. The summed E-state index contributed by atoms with van der Waals surface area (Å²) in [5.74, 6) is 0.769. The molecule has 116 valence electrons. The Morgan fingerprint density at radius 2 is 1.95 bits per heavy atom. The summed E-state index contributed by atoms with van der Waals surface area (Å²) >= 11 is 0. The number of methoxy groups -OCH3 is 1. The van der Waals surface area contributed by atoms with Crippen molar-refractivity contribution in [2.24, 2.45) is 0 Å². The van der Waals surface area contributed by atoms with E-state index in [1.807, 2.05) is 36.5 Å². The maximum Gasteiger partial charge on any atom is 0.124 e. The number of aromatic nitrogens is 1. The summed E-state index contributed by atoms with van der Waals surface area (Å²) in [5.41, 5.74) is 1.32. The standard InChI is InChI=1S/C18H22N2O2/c1-22-17-7-3-2-6-16(17)18(21)8-11-20(12-9-18)14-15-5-4-10-19-13-15/h2-7,10,13,21H,8-9,11-12,14H2,1H3. The van der Waals surface area contributed by atoms with Gasteiger partial charge < -0.3 is 9.84 Å². The number of rotatable bonds is 4. The number of benzene rings is 1. The molecule has 1 aliphatic rings. The van der Waals surface area contributed by atoms with E-state index >= 15 is 0 Å². The average molecular weight is 298 g/mol. The number of para-hydroxylation sites is 1. The van der Waals surface area contributed by atoms with E-state index in [0.29, 0.717) is 12.8 Å². The Balaban J connectivity index is 1.68. The highest BCUT2D eigenvalue weighted by atomic mass is 16.5. The molecule has 0 amide bonds. The number of pyridine rings is 1. The minimum atomic E-state index is -0.794. The predicted molar refractivity (Wildman–Crippen MR) is 85.6 cm³/mol. The second kappa shape index (κ2) is 6.46. The van der Waals surface area contributed by atoms with E-state index in [1.165, 1.54) is 5.56 Å². The lowest BCUT2D eigenvalue weighted by molar-refractivity contribution is -0.0292. The highest BCUT2D eigenvalue weighted by Gasteiger charge is 2.35. The third-order valence-electron chi connectivity index (χ3n) is 4.42. The van der Waals surface area contributed by atoms with Crippen molar-refractivity contribution in [3.05, 3.63) is 59.9 Å². The van der Waals surface area contributed by atoms with Gasteiger partial charge >= 0.3 is 0 Å². The summed E-state index contributed by atoms with van der Waals surface area (Å²) in [6.45, 7) is 2.61. The second-order valence-corrected chi connectivity index (χ2v) is 5.87. The molecule has 0 saturated carbocycles. The fraction of sp³-hybridized carbons (Fsp3) is 0.389. The quantitative estimate of drug-likeness (QED) is 0.942. The van der Waals surface area contributed by atoms with Crippen LogP contribution in [0.2, 0.25) is 0 Å². The van der Waals surface area contributed by atoms with Crippen LogP contribution in [0.25, 0.3) is 0 Å². The topological polar surface area (TPSA) is 45.6 Å². The van der Waals surface area contributed by atoms with Crippen molar-refractivity contribution in [1.29, 1.82) is 0 Å². The molecule has 1 aromatic heterocycles. The Morgan fingerprint density at radius 3 is 2.64 bits per heavy atom. The summed E-state index contributed by atoms with van der Waals surface area (Å²) in [7, 11) is 1.65. The summed E-state index contributed by atoms with van der Waals surface area (Å²) in [4.78, 5) is 6.52. The number of hydrogen-bond acceptors (Lipinski definition) is 4. The van der Waals surface area contributed by atoms with E-state index in [-0.39, 0.29) is 0 Å². The van der Waals surface area contributed by atoms with Gasteiger partial charge in [-0.3, -0.25) is 9.88 Å². The molecule has 0 atom stereocenters. The van der Waals surface area contributed by atoms with Gasteiger partial charge in [0.2, 0.25) is 0 Å². The molecule has 22 heavy (non-hydrogen) atoms. The van der Waals surface area contributed by atoms with Gasteiger partial charge in [-0.05, 0) is 30.5 Å². The SMILES string of the molecule is COc1ccccc1C1(O)CCN(Cc2cccnc2)CC1. The lowest BCUT2D eigenvalue weighted by atomic mass is 9.84. The highest BCUT2D eigenvalue weighted by Crippen LogP contribution is 2.38. The molecule has 3 rings (SSSR count). The monoisotopic (exact) mass is 298 g/mol. The largest absolute Gasteiger partial charge is 0.496 e. The fourth-order valence-electron chi connectivity index (χ4n) is 3.13. The van der Waals surface area contributed by atoms with E-state index in [1.54, 1.807) is 13.3 Å². The second-order valence-electron chi connectivity index (χ2n) is 5.87. The molecule has 4 nitrogen and oxygen atoms in total. The van der Waals surface area contributed by atoms with Gasteiger partial charge in [-0.1, -0.05) is 24.3 Å². The van der Waals surface area contributed by atoms with E-state index in [9.17, 15) is 5.11 Å². The Bertz CT molecular complexity index is 607. The Hall–Kier alpha value is -1.91. The van der Waals surface area contributed by atoms with Crippen LogP contribution in [-0.4, -0.2) is 35.2 Å². The predicted octanol–water partition coefficient (Wildman–Crippen LogP) is 2.57. The first-order valence-corrected chi connectivity index (χ1v) is 7.68. The van der Waals surface area contributed by atoms with Crippen LogP contribution < -0.4 is 4.74 Å². The molecular weight excluding hydrogens is 276 g/mol. The van der Waals surface area contributed by atoms with Crippen LogP contribution in [0.5, 0.6) is 5.75 Å².